The lowest BCUT2D eigenvalue weighted by atomic mass is 10.0. The van der Waals surface area contributed by atoms with Crippen LogP contribution < -0.4 is 21.7 Å². The van der Waals surface area contributed by atoms with Gasteiger partial charge in [0.15, 0.2) is 23.9 Å². The van der Waals surface area contributed by atoms with Crippen LogP contribution in [-0.2, 0) is 6.54 Å². The number of unbranched alkanes of at least 4 members (excludes halogenated alkanes) is 13. The highest BCUT2D eigenvalue weighted by atomic mass is 35.5. The van der Waals surface area contributed by atoms with Gasteiger partial charge in [-0.3, -0.25) is 0 Å². The molecule has 0 unspecified atom stereocenters. The Morgan fingerprint density at radius 1 is 0.625 bits per heavy atom. The van der Waals surface area contributed by atoms with Gasteiger partial charge in [-0.15, -0.1) is 0 Å². The molecule has 2 aromatic carbocycles. The SMILES string of the molecule is CCCCCCCCCCCCCCCC[n+]1ccccc1.Oc1cc(Cl)ccc1Oc1ccc(Cl)cc1Cl.[Cl-]. The van der Waals surface area contributed by atoms with Crippen molar-refractivity contribution in [2.45, 2.75) is 103 Å². The maximum atomic E-state index is 9.62. The van der Waals surface area contributed by atoms with Crippen LogP contribution in [0.5, 0.6) is 17.2 Å². The lowest BCUT2D eigenvalue weighted by Gasteiger charge is -2.09. The minimum absolute atomic E-state index is 0. The highest BCUT2D eigenvalue weighted by Gasteiger charge is 2.08. The number of hydrogen-bond donors (Lipinski definition) is 1. The largest absolute Gasteiger partial charge is 1.00 e. The maximum Gasteiger partial charge on any atom is 0.169 e. The van der Waals surface area contributed by atoms with Crippen molar-refractivity contribution in [3.63, 3.8) is 0 Å². The second-order valence-electron chi connectivity index (χ2n) is 10.00. The van der Waals surface area contributed by atoms with Crippen LogP contribution in [0.3, 0.4) is 0 Å². The third-order valence-corrected chi connectivity index (χ3v) is 7.35. The summed E-state index contributed by atoms with van der Waals surface area (Å²) in [6.45, 7) is 3.47. The quantitative estimate of drug-likeness (QED) is 0.120. The van der Waals surface area contributed by atoms with Crippen LogP contribution in [0.4, 0.5) is 0 Å². The molecular weight excluding hydrogens is 584 g/mol. The zero-order valence-corrected chi connectivity index (χ0v) is 26.8. The van der Waals surface area contributed by atoms with Gasteiger partial charge in [0.05, 0.1) is 5.02 Å². The van der Waals surface area contributed by atoms with Crippen LogP contribution in [0.2, 0.25) is 15.1 Å². The molecule has 0 radical (unpaired) electrons. The summed E-state index contributed by atoms with van der Waals surface area (Å²) in [6, 6.07) is 15.7. The maximum absolute atomic E-state index is 9.62. The fraction of sp³-hybridized carbons (Fsp3) is 0.485. The van der Waals surface area contributed by atoms with E-state index in [1.54, 1.807) is 30.3 Å². The van der Waals surface area contributed by atoms with Crippen molar-refractivity contribution in [3.8, 4) is 17.2 Å². The topological polar surface area (TPSA) is 33.3 Å². The fourth-order valence-electron chi connectivity index (χ4n) is 4.33. The number of ether oxygens (including phenoxy) is 1. The molecule has 3 rings (SSSR count). The average Bonchev–Trinajstić information content (AvgIpc) is 2.93. The molecule has 0 saturated heterocycles. The van der Waals surface area contributed by atoms with Crippen molar-refractivity contribution in [1.82, 2.24) is 0 Å². The van der Waals surface area contributed by atoms with E-state index in [1.807, 2.05) is 0 Å². The molecule has 1 heterocycles. The van der Waals surface area contributed by atoms with Gasteiger partial charge < -0.3 is 22.3 Å². The van der Waals surface area contributed by atoms with Crippen LogP contribution in [0.15, 0.2) is 67.0 Å². The zero-order chi connectivity index (χ0) is 28.1. The first kappa shape index (κ1) is 36.4. The van der Waals surface area contributed by atoms with E-state index in [0.29, 0.717) is 20.8 Å². The van der Waals surface area contributed by atoms with Gasteiger partial charge in [0.1, 0.15) is 12.3 Å². The Morgan fingerprint density at radius 2 is 1.10 bits per heavy atom. The minimum atomic E-state index is -0.0523. The zero-order valence-electron chi connectivity index (χ0n) is 23.8. The third kappa shape index (κ3) is 16.6. The number of aromatic hydroxyl groups is 1. The summed E-state index contributed by atoms with van der Waals surface area (Å²) < 4.78 is 7.74. The third-order valence-electron chi connectivity index (χ3n) is 6.58. The molecule has 7 heteroatoms. The molecule has 3 nitrogen and oxygen atoms in total. The van der Waals surface area contributed by atoms with Gasteiger partial charge in [-0.05, 0) is 36.8 Å². The highest BCUT2D eigenvalue weighted by Crippen LogP contribution is 2.36. The Labute approximate surface area is 263 Å². The van der Waals surface area contributed by atoms with Gasteiger partial charge in [-0.2, -0.15) is 0 Å². The fourth-order valence-corrected chi connectivity index (χ4v) is 4.94. The molecule has 0 saturated carbocycles. The number of aromatic nitrogens is 1. The van der Waals surface area contributed by atoms with Crippen LogP contribution >= 0.6 is 34.8 Å². The highest BCUT2D eigenvalue weighted by molar-refractivity contribution is 6.35. The average molecular weight is 630 g/mol. The second kappa shape index (κ2) is 23.0. The molecule has 222 valence electrons. The summed E-state index contributed by atoms with van der Waals surface area (Å²) in [4.78, 5) is 0. The number of benzene rings is 2. The van der Waals surface area contributed by atoms with E-state index < -0.39 is 0 Å². The van der Waals surface area contributed by atoms with E-state index in [-0.39, 0.29) is 23.9 Å². The van der Waals surface area contributed by atoms with Gasteiger partial charge >= 0.3 is 0 Å². The summed E-state index contributed by atoms with van der Waals surface area (Å²) in [6.07, 6.45) is 24.4. The molecule has 0 aliphatic rings. The van der Waals surface area contributed by atoms with Crippen molar-refractivity contribution in [1.29, 1.82) is 0 Å². The van der Waals surface area contributed by atoms with Crippen molar-refractivity contribution in [2.75, 3.05) is 0 Å². The molecule has 0 aliphatic heterocycles. The van der Waals surface area contributed by atoms with Crippen molar-refractivity contribution < 1.29 is 26.8 Å². The van der Waals surface area contributed by atoms with Crippen LogP contribution in [0, 0.1) is 0 Å². The van der Waals surface area contributed by atoms with E-state index in [4.69, 9.17) is 39.5 Å². The van der Waals surface area contributed by atoms with E-state index in [9.17, 15) is 5.11 Å². The van der Waals surface area contributed by atoms with Crippen LogP contribution in [-0.4, -0.2) is 5.11 Å². The summed E-state index contributed by atoms with van der Waals surface area (Å²) in [7, 11) is 0. The number of phenols is 1. The van der Waals surface area contributed by atoms with Crippen LogP contribution in [0.1, 0.15) is 96.8 Å². The first-order valence-corrected chi connectivity index (χ1v) is 15.7. The van der Waals surface area contributed by atoms with Gasteiger partial charge in [-0.25, -0.2) is 4.57 Å². The first-order valence-electron chi connectivity index (χ1n) is 14.5. The van der Waals surface area contributed by atoms with Gasteiger partial charge in [0.25, 0.3) is 0 Å². The Bertz CT molecular complexity index is 1000. The molecule has 3 aromatic rings. The summed E-state index contributed by atoms with van der Waals surface area (Å²) in [5.41, 5.74) is 0. The Balaban J connectivity index is 0.000000401. The normalized spacial score (nSPS) is 10.4. The number of hydrogen-bond acceptors (Lipinski definition) is 2. The molecular formula is C33H45Cl4NO2. The van der Waals surface area contributed by atoms with E-state index >= 15 is 0 Å². The van der Waals surface area contributed by atoms with Gasteiger partial charge in [0, 0.05) is 34.7 Å². The van der Waals surface area contributed by atoms with E-state index in [0.717, 1.165) is 0 Å². The summed E-state index contributed by atoms with van der Waals surface area (Å²) >= 11 is 17.4. The minimum Gasteiger partial charge on any atom is -1.00 e. The number of halogens is 4. The monoisotopic (exact) mass is 627 g/mol. The molecule has 0 atom stereocenters. The Kier molecular flexibility index (Phi) is 20.9. The molecule has 0 amide bonds. The Hall–Kier alpha value is -1.65. The lowest BCUT2D eigenvalue weighted by molar-refractivity contribution is -0.697. The number of nitrogens with zero attached hydrogens (tertiary/aromatic N) is 1. The van der Waals surface area contributed by atoms with Gasteiger partial charge in [0.2, 0.25) is 0 Å². The first-order chi connectivity index (χ1) is 19.0. The number of pyridine rings is 1. The molecule has 0 spiro atoms. The Morgan fingerprint density at radius 3 is 1.60 bits per heavy atom. The number of phenolic OH excluding ortho intramolecular Hbond substituents is 1. The summed E-state index contributed by atoms with van der Waals surface area (Å²) in [5, 5.41) is 10.9. The molecule has 0 bridgehead atoms. The molecule has 40 heavy (non-hydrogen) atoms. The van der Waals surface area contributed by atoms with E-state index in [2.05, 4.69) is 42.1 Å². The molecule has 0 aliphatic carbocycles. The predicted molar refractivity (Wildman–Crippen MR) is 167 cm³/mol. The van der Waals surface area contributed by atoms with Crippen molar-refractivity contribution in [2.24, 2.45) is 0 Å². The van der Waals surface area contributed by atoms with Crippen LogP contribution in [0.25, 0.3) is 0 Å². The molecule has 1 N–H and O–H groups in total. The lowest BCUT2D eigenvalue weighted by Crippen LogP contribution is -3.00. The smallest absolute Gasteiger partial charge is 0.169 e. The van der Waals surface area contributed by atoms with E-state index in [1.165, 1.54) is 103 Å². The second-order valence-corrected chi connectivity index (χ2v) is 11.3. The molecule has 0 fully saturated rings. The summed E-state index contributed by atoms with van der Waals surface area (Å²) in [5.74, 6) is 0.635. The van der Waals surface area contributed by atoms with Crippen molar-refractivity contribution in [3.05, 3.63) is 82.1 Å². The number of aryl methyl sites for hydroxylation is 1. The standard InChI is InChI=1S/C21H38N.C12H7Cl3O2.ClH/c1-2-3-4-5-6-7-8-9-10-11-12-13-14-16-19-22-20-17-15-18-21-22;13-7-1-3-11(9(15)5-7)17-12-4-2-8(14)6-10(12)16;/h15,17-18,20-21H,2-14,16,19H2,1H3;1-6,16H;1H/q+1;;/p-1. The van der Waals surface area contributed by atoms with Crippen molar-refractivity contribution >= 4 is 34.8 Å². The number of rotatable bonds is 17. The predicted octanol–water partition coefficient (Wildman–Crippen LogP) is 8.60. The van der Waals surface area contributed by atoms with Gasteiger partial charge in [-0.1, -0.05) is 125 Å². The molecule has 1 aromatic heterocycles.